The Hall–Kier alpha value is -2.10. The van der Waals surface area contributed by atoms with Crippen molar-refractivity contribution in [2.45, 2.75) is 0 Å². The minimum atomic E-state index is -0.278. The second-order valence-corrected chi connectivity index (χ2v) is 3.33. The molecular formula is C12H11FN2O. The molecule has 0 bridgehead atoms. The van der Waals surface area contributed by atoms with Crippen molar-refractivity contribution >= 4 is 5.69 Å². The standard InChI is InChI=1S/C12H11FN2O/c1-16-12-7-10(14)6-11(15-12)8-2-4-9(13)5-3-8/h2-7H,1H3,(H2,14,15). The van der Waals surface area contributed by atoms with E-state index < -0.39 is 0 Å². The van der Waals surface area contributed by atoms with Gasteiger partial charge in [-0.05, 0) is 30.3 Å². The van der Waals surface area contributed by atoms with E-state index in [2.05, 4.69) is 4.98 Å². The van der Waals surface area contributed by atoms with E-state index in [-0.39, 0.29) is 5.82 Å². The van der Waals surface area contributed by atoms with E-state index in [1.807, 2.05) is 0 Å². The van der Waals surface area contributed by atoms with E-state index in [9.17, 15) is 4.39 Å². The number of ether oxygens (including phenoxy) is 1. The first-order chi connectivity index (χ1) is 7.69. The fraction of sp³-hybridized carbons (Fsp3) is 0.0833. The Morgan fingerprint density at radius 3 is 2.50 bits per heavy atom. The van der Waals surface area contributed by atoms with Crippen LogP contribution in [-0.2, 0) is 0 Å². The van der Waals surface area contributed by atoms with Crippen LogP contribution in [0.1, 0.15) is 0 Å². The van der Waals surface area contributed by atoms with Gasteiger partial charge in [-0.3, -0.25) is 0 Å². The van der Waals surface area contributed by atoms with E-state index in [4.69, 9.17) is 10.5 Å². The molecule has 3 nitrogen and oxygen atoms in total. The summed E-state index contributed by atoms with van der Waals surface area (Å²) in [6, 6.07) is 9.41. The van der Waals surface area contributed by atoms with Gasteiger partial charge in [-0.25, -0.2) is 9.37 Å². The lowest BCUT2D eigenvalue weighted by Crippen LogP contribution is -1.94. The topological polar surface area (TPSA) is 48.1 Å². The number of hydrogen-bond acceptors (Lipinski definition) is 3. The molecule has 1 aromatic heterocycles. The van der Waals surface area contributed by atoms with Crippen molar-refractivity contribution in [1.29, 1.82) is 0 Å². The Morgan fingerprint density at radius 2 is 1.88 bits per heavy atom. The van der Waals surface area contributed by atoms with E-state index in [1.165, 1.54) is 19.2 Å². The maximum Gasteiger partial charge on any atom is 0.215 e. The number of pyridine rings is 1. The van der Waals surface area contributed by atoms with Crippen molar-refractivity contribution in [1.82, 2.24) is 4.98 Å². The minimum Gasteiger partial charge on any atom is -0.481 e. The smallest absolute Gasteiger partial charge is 0.215 e. The zero-order valence-corrected chi connectivity index (χ0v) is 8.77. The number of aromatic nitrogens is 1. The average molecular weight is 218 g/mol. The van der Waals surface area contributed by atoms with Crippen LogP contribution >= 0.6 is 0 Å². The lowest BCUT2D eigenvalue weighted by atomic mass is 10.1. The molecule has 4 heteroatoms. The molecule has 0 amide bonds. The summed E-state index contributed by atoms with van der Waals surface area (Å²) in [6.07, 6.45) is 0. The number of methoxy groups -OCH3 is 1. The Balaban J connectivity index is 2.47. The molecular weight excluding hydrogens is 207 g/mol. The summed E-state index contributed by atoms with van der Waals surface area (Å²) in [5, 5.41) is 0. The number of halogens is 1. The lowest BCUT2D eigenvalue weighted by Gasteiger charge is -2.05. The Labute approximate surface area is 92.7 Å². The number of nitrogen functional groups attached to an aromatic ring is 1. The molecule has 0 spiro atoms. The van der Waals surface area contributed by atoms with Gasteiger partial charge in [-0.2, -0.15) is 0 Å². The summed E-state index contributed by atoms with van der Waals surface area (Å²) in [6.45, 7) is 0. The van der Waals surface area contributed by atoms with Crippen molar-refractivity contribution in [3.05, 3.63) is 42.2 Å². The Bertz CT molecular complexity index is 497. The molecule has 0 radical (unpaired) electrons. The van der Waals surface area contributed by atoms with Crippen molar-refractivity contribution < 1.29 is 9.13 Å². The first kappa shape index (κ1) is 10.4. The summed E-state index contributed by atoms with van der Waals surface area (Å²) in [4.78, 5) is 4.23. The highest BCUT2D eigenvalue weighted by atomic mass is 19.1. The second-order valence-electron chi connectivity index (χ2n) is 3.33. The van der Waals surface area contributed by atoms with Crippen LogP contribution in [0.5, 0.6) is 5.88 Å². The monoisotopic (exact) mass is 218 g/mol. The molecule has 0 fully saturated rings. The number of benzene rings is 1. The fourth-order valence-corrected chi connectivity index (χ4v) is 1.40. The molecule has 0 saturated heterocycles. The predicted molar refractivity (Wildman–Crippen MR) is 60.6 cm³/mol. The largest absolute Gasteiger partial charge is 0.481 e. The molecule has 1 heterocycles. The van der Waals surface area contributed by atoms with Crippen LogP contribution in [0.3, 0.4) is 0 Å². The highest BCUT2D eigenvalue weighted by Gasteiger charge is 2.03. The zero-order valence-electron chi connectivity index (χ0n) is 8.77. The van der Waals surface area contributed by atoms with Gasteiger partial charge in [0.05, 0.1) is 12.8 Å². The molecule has 0 saturated carbocycles. The molecule has 1 aromatic carbocycles. The van der Waals surface area contributed by atoms with Crippen LogP contribution < -0.4 is 10.5 Å². The van der Waals surface area contributed by atoms with Crippen LogP contribution in [0, 0.1) is 5.82 Å². The lowest BCUT2D eigenvalue weighted by molar-refractivity contribution is 0.399. The maximum atomic E-state index is 12.8. The average Bonchev–Trinajstić information content (AvgIpc) is 2.29. The van der Waals surface area contributed by atoms with E-state index in [0.29, 0.717) is 17.3 Å². The predicted octanol–water partition coefficient (Wildman–Crippen LogP) is 2.48. The number of nitrogens with two attached hydrogens (primary N) is 1. The van der Waals surface area contributed by atoms with Gasteiger partial charge in [0, 0.05) is 17.3 Å². The van der Waals surface area contributed by atoms with Crippen molar-refractivity contribution in [3.8, 4) is 17.1 Å². The molecule has 0 unspecified atom stereocenters. The summed E-state index contributed by atoms with van der Waals surface area (Å²) in [7, 11) is 1.52. The van der Waals surface area contributed by atoms with Crippen LogP contribution in [-0.4, -0.2) is 12.1 Å². The van der Waals surface area contributed by atoms with Gasteiger partial charge >= 0.3 is 0 Å². The number of hydrogen-bond donors (Lipinski definition) is 1. The molecule has 0 atom stereocenters. The Kier molecular flexibility index (Phi) is 2.72. The van der Waals surface area contributed by atoms with Crippen LogP contribution in [0.25, 0.3) is 11.3 Å². The third kappa shape index (κ3) is 2.11. The zero-order chi connectivity index (χ0) is 11.5. The van der Waals surface area contributed by atoms with Gasteiger partial charge < -0.3 is 10.5 Å². The third-order valence-corrected chi connectivity index (χ3v) is 2.17. The highest BCUT2D eigenvalue weighted by Crippen LogP contribution is 2.23. The van der Waals surface area contributed by atoms with Gasteiger partial charge in [0.15, 0.2) is 0 Å². The minimum absolute atomic E-state index is 0.278. The fourth-order valence-electron chi connectivity index (χ4n) is 1.40. The second kappa shape index (κ2) is 4.18. The van der Waals surface area contributed by atoms with E-state index in [0.717, 1.165) is 5.56 Å². The van der Waals surface area contributed by atoms with Crippen molar-refractivity contribution in [2.75, 3.05) is 12.8 Å². The van der Waals surface area contributed by atoms with Gasteiger partial charge in [0.1, 0.15) is 5.82 Å². The molecule has 82 valence electrons. The maximum absolute atomic E-state index is 12.8. The molecule has 0 aliphatic heterocycles. The number of nitrogens with zero attached hydrogens (tertiary/aromatic N) is 1. The molecule has 0 aliphatic carbocycles. The molecule has 2 rings (SSSR count). The molecule has 0 aliphatic rings. The number of anilines is 1. The van der Waals surface area contributed by atoms with Crippen molar-refractivity contribution in [3.63, 3.8) is 0 Å². The third-order valence-electron chi connectivity index (χ3n) is 2.17. The van der Waals surface area contributed by atoms with Crippen LogP contribution in [0.15, 0.2) is 36.4 Å². The van der Waals surface area contributed by atoms with Crippen molar-refractivity contribution in [2.24, 2.45) is 0 Å². The summed E-state index contributed by atoms with van der Waals surface area (Å²) in [5.41, 5.74) is 7.73. The van der Waals surface area contributed by atoms with Crippen LogP contribution in [0.4, 0.5) is 10.1 Å². The first-order valence-electron chi connectivity index (χ1n) is 4.76. The summed E-state index contributed by atoms with van der Waals surface area (Å²) < 4.78 is 17.8. The van der Waals surface area contributed by atoms with Gasteiger partial charge in [-0.15, -0.1) is 0 Å². The van der Waals surface area contributed by atoms with Gasteiger partial charge in [0.25, 0.3) is 0 Å². The summed E-state index contributed by atoms with van der Waals surface area (Å²) >= 11 is 0. The van der Waals surface area contributed by atoms with E-state index in [1.54, 1.807) is 24.3 Å². The Morgan fingerprint density at radius 1 is 1.19 bits per heavy atom. The van der Waals surface area contributed by atoms with E-state index >= 15 is 0 Å². The van der Waals surface area contributed by atoms with Gasteiger partial charge in [-0.1, -0.05) is 0 Å². The highest BCUT2D eigenvalue weighted by molar-refractivity contribution is 5.64. The quantitative estimate of drug-likeness (QED) is 0.842. The molecule has 16 heavy (non-hydrogen) atoms. The van der Waals surface area contributed by atoms with Crippen LogP contribution in [0.2, 0.25) is 0 Å². The first-order valence-corrected chi connectivity index (χ1v) is 4.76. The molecule has 2 N–H and O–H groups in total. The number of rotatable bonds is 2. The van der Waals surface area contributed by atoms with Gasteiger partial charge in [0.2, 0.25) is 5.88 Å². The SMILES string of the molecule is COc1cc(N)cc(-c2ccc(F)cc2)n1. The normalized spacial score (nSPS) is 10.1. The molecule has 2 aromatic rings. The summed E-state index contributed by atoms with van der Waals surface area (Å²) in [5.74, 6) is 0.166.